The van der Waals surface area contributed by atoms with E-state index >= 15 is 0 Å². The van der Waals surface area contributed by atoms with Crippen LogP contribution in [0.5, 0.6) is 0 Å². The number of amides is 1. The lowest BCUT2D eigenvalue weighted by Gasteiger charge is -2.39. The predicted octanol–water partition coefficient (Wildman–Crippen LogP) is 1.77. The molecule has 4 heterocycles. The molecule has 1 amide bonds. The number of piperazine rings is 1. The van der Waals surface area contributed by atoms with Crippen LogP contribution in [0.2, 0.25) is 0 Å². The second kappa shape index (κ2) is 8.77. The molecular formula is C22H32N6OS. The Bertz CT molecular complexity index is 835. The minimum absolute atomic E-state index is 0.000775. The Morgan fingerprint density at radius 1 is 1.20 bits per heavy atom. The molecule has 2 atom stereocenters. The van der Waals surface area contributed by atoms with Gasteiger partial charge in [0.15, 0.2) is 0 Å². The third kappa shape index (κ3) is 4.05. The quantitative estimate of drug-likeness (QED) is 0.789. The number of nitrogens with zero attached hydrogens (tertiary/aromatic N) is 5. The van der Waals surface area contributed by atoms with Crippen LogP contribution in [0, 0.1) is 6.92 Å². The number of allylic oxidation sites excluding steroid dienone is 4. The minimum Gasteiger partial charge on any atom is -0.354 e. The molecule has 30 heavy (non-hydrogen) atoms. The molecule has 3 saturated heterocycles. The normalized spacial score (nSPS) is 27.7. The summed E-state index contributed by atoms with van der Waals surface area (Å²) in [6, 6.07) is 2.67. The van der Waals surface area contributed by atoms with Gasteiger partial charge >= 0.3 is 0 Å². The molecule has 8 heteroatoms. The molecule has 1 N–H and O–H groups in total. The second-order valence-electron chi connectivity index (χ2n) is 8.68. The first-order valence-electron chi connectivity index (χ1n) is 11.2. The fourth-order valence-electron chi connectivity index (χ4n) is 4.97. The van der Waals surface area contributed by atoms with Crippen molar-refractivity contribution in [1.29, 1.82) is 0 Å². The molecule has 2 unspecified atom stereocenters. The van der Waals surface area contributed by atoms with Crippen LogP contribution in [0.1, 0.15) is 25.0 Å². The molecule has 1 aromatic heterocycles. The second-order valence-corrected chi connectivity index (χ2v) is 9.75. The molecule has 0 spiro atoms. The van der Waals surface area contributed by atoms with Crippen LogP contribution in [0.3, 0.4) is 0 Å². The zero-order valence-electron chi connectivity index (χ0n) is 17.8. The highest BCUT2D eigenvalue weighted by atomic mass is 32.2. The summed E-state index contributed by atoms with van der Waals surface area (Å²) in [7, 11) is 0. The van der Waals surface area contributed by atoms with Crippen molar-refractivity contribution in [3.63, 3.8) is 0 Å². The fraction of sp³-hybridized carbons (Fsp3) is 0.636. The number of aryl methyl sites for hydroxylation is 1. The van der Waals surface area contributed by atoms with E-state index in [0.29, 0.717) is 11.9 Å². The molecule has 0 bridgehead atoms. The van der Waals surface area contributed by atoms with Gasteiger partial charge in [-0.05, 0) is 32.3 Å². The Balaban J connectivity index is 1.19. The van der Waals surface area contributed by atoms with E-state index in [0.717, 1.165) is 75.9 Å². The van der Waals surface area contributed by atoms with E-state index in [4.69, 9.17) is 5.10 Å². The Morgan fingerprint density at radius 3 is 2.80 bits per heavy atom. The van der Waals surface area contributed by atoms with Crippen molar-refractivity contribution in [2.24, 2.45) is 0 Å². The van der Waals surface area contributed by atoms with Crippen LogP contribution in [-0.2, 0) is 4.79 Å². The lowest BCUT2D eigenvalue weighted by Crippen LogP contribution is -2.51. The predicted molar refractivity (Wildman–Crippen MR) is 123 cm³/mol. The van der Waals surface area contributed by atoms with Gasteiger partial charge in [-0.2, -0.15) is 5.10 Å². The summed E-state index contributed by atoms with van der Waals surface area (Å²) in [5, 5.41) is 8.26. The number of rotatable bonds is 4. The van der Waals surface area contributed by atoms with Gasteiger partial charge in [0.25, 0.3) is 0 Å². The number of carbonyl (C=O) groups excluding carboxylic acids is 1. The fourth-order valence-corrected chi connectivity index (χ4v) is 5.92. The number of nitrogens with one attached hydrogen (secondary N) is 1. The van der Waals surface area contributed by atoms with Gasteiger partial charge in [-0.1, -0.05) is 12.2 Å². The van der Waals surface area contributed by atoms with Gasteiger partial charge in [0.05, 0.1) is 23.3 Å². The highest BCUT2D eigenvalue weighted by Crippen LogP contribution is 2.26. The summed E-state index contributed by atoms with van der Waals surface area (Å²) < 4.78 is 2.11. The van der Waals surface area contributed by atoms with Crippen molar-refractivity contribution in [3.8, 4) is 0 Å². The molecule has 0 aromatic carbocycles. The third-order valence-corrected chi connectivity index (χ3v) is 7.62. The van der Waals surface area contributed by atoms with Crippen LogP contribution in [0.15, 0.2) is 24.3 Å². The number of hydrogen-bond acceptors (Lipinski definition) is 6. The number of anilines is 1. The van der Waals surface area contributed by atoms with Crippen LogP contribution < -0.4 is 10.2 Å². The van der Waals surface area contributed by atoms with Gasteiger partial charge < -0.3 is 15.1 Å². The average Bonchev–Trinajstić information content (AvgIpc) is 3.55. The summed E-state index contributed by atoms with van der Waals surface area (Å²) >= 11 is 1.86. The molecule has 3 fully saturated rings. The molecule has 7 nitrogen and oxygen atoms in total. The smallest absolute Gasteiger partial charge is 0.240 e. The zero-order chi connectivity index (χ0) is 20.5. The van der Waals surface area contributed by atoms with E-state index in [-0.39, 0.29) is 6.04 Å². The lowest BCUT2D eigenvalue weighted by molar-refractivity contribution is -0.131. The van der Waals surface area contributed by atoms with Crippen molar-refractivity contribution in [3.05, 3.63) is 30.0 Å². The van der Waals surface area contributed by atoms with Gasteiger partial charge in [-0.3, -0.25) is 9.69 Å². The Hall–Kier alpha value is -1.77. The number of thioether (sulfide) groups is 1. The maximum absolute atomic E-state index is 12.7. The van der Waals surface area contributed by atoms with Crippen molar-refractivity contribution < 1.29 is 4.79 Å². The van der Waals surface area contributed by atoms with E-state index in [1.54, 1.807) is 0 Å². The van der Waals surface area contributed by atoms with E-state index in [9.17, 15) is 4.79 Å². The van der Waals surface area contributed by atoms with Crippen LogP contribution in [0.4, 0.5) is 5.82 Å². The first-order chi connectivity index (χ1) is 14.7. The van der Waals surface area contributed by atoms with Crippen molar-refractivity contribution in [1.82, 2.24) is 24.9 Å². The molecule has 4 aliphatic rings. The molecule has 162 valence electrons. The van der Waals surface area contributed by atoms with Gasteiger partial charge in [0.1, 0.15) is 5.82 Å². The van der Waals surface area contributed by atoms with E-state index in [1.165, 1.54) is 11.5 Å². The maximum atomic E-state index is 12.7. The van der Waals surface area contributed by atoms with E-state index in [2.05, 4.69) is 51.0 Å². The van der Waals surface area contributed by atoms with Crippen LogP contribution in [-0.4, -0.2) is 88.5 Å². The highest BCUT2D eigenvalue weighted by Gasteiger charge is 2.37. The van der Waals surface area contributed by atoms with Gasteiger partial charge in [0.2, 0.25) is 5.91 Å². The maximum Gasteiger partial charge on any atom is 0.240 e. The molecule has 3 aliphatic heterocycles. The largest absolute Gasteiger partial charge is 0.354 e. The molecule has 0 saturated carbocycles. The minimum atomic E-state index is 0.000775. The van der Waals surface area contributed by atoms with Gasteiger partial charge in [0, 0.05) is 57.1 Å². The first-order valence-corrected chi connectivity index (χ1v) is 12.4. The third-order valence-electron chi connectivity index (χ3n) is 6.66. The van der Waals surface area contributed by atoms with Crippen molar-refractivity contribution in [2.75, 3.05) is 55.8 Å². The van der Waals surface area contributed by atoms with E-state index in [1.807, 2.05) is 16.7 Å². The monoisotopic (exact) mass is 428 g/mol. The summed E-state index contributed by atoms with van der Waals surface area (Å²) in [6.45, 7) is 7.97. The number of hydrogen-bond donors (Lipinski definition) is 1. The Kier molecular flexibility index (Phi) is 5.89. The average molecular weight is 429 g/mol. The molecular weight excluding hydrogens is 396 g/mol. The first kappa shape index (κ1) is 20.2. The standard InChI is InChI=1S/C22H32N6OS/c1-17-13-21(28(24-17)18-5-3-2-4-6-18)26-9-7-25(8-10-26)19-14-20(23-15-19)22(29)27-11-12-30-16-27/h3,5-6,13,19-20,23H,2,4,7-12,14-16H2,1H3. The molecule has 1 aliphatic carbocycles. The topological polar surface area (TPSA) is 56.6 Å². The SMILES string of the molecule is Cc1cc(N2CCN(C3CNC(C(=O)N4CCSC4)C3)CC2)n(C2=CCCC=C2)n1. The molecule has 5 rings (SSSR count). The Morgan fingerprint density at radius 2 is 2.07 bits per heavy atom. The van der Waals surface area contributed by atoms with Gasteiger partial charge in [-0.25, -0.2) is 4.68 Å². The van der Waals surface area contributed by atoms with E-state index < -0.39 is 0 Å². The summed E-state index contributed by atoms with van der Waals surface area (Å²) in [5.74, 6) is 3.44. The van der Waals surface area contributed by atoms with Crippen LogP contribution in [0.25, 0.3) is 5.70 Å². The zero-order valence-corrected chi connectivity index (χ0v) is 18.6. The Labute approximate surface area is 183 Å². The van der Waals surface area contributed by atoms with Crippen LogP contribution >= 0.6 is 11.8 Å². The lowest BCUT2D eigenvalue weighted by atomic mass is 10.1. The van der Waals surface area contributed by atoms with Crippen molar-refractivity contribution in [2.45, 2.75) is 38.3 Å². The summed E-state index contributed by atoms with van der Waals surface area (Å²) in [5.41, 5.74) is 2.25. The summed E-state index contributed by atoms with van der Waals surface area (Å²) in [4.78, 5) is 19.8. The van der Waals surface area contributed by atoms with Crippen molar-refractivity contribution >= 4 is 29.2 Å². The van der Waals surface area contributed by atoms with Gasteiger partial charge in [-0.15, -0.1) is 11.8 Å². The summed E-state index contributed by atoms with van der Waals surface area (Å²) in [6.07, 6.45) is 9.85. The molecule has 1 aromatic rings. The molecule has 0 radical (unpaired) electrons. The highest BCUT2D eigenvalue weighted by molar-refractivity contribution is 7.99. The number of aromatic nitrogens is 2. The number of carbonyl (C=O) groups is 1.